The number of piperidine rings is 1. The van der Waals surface area contributed by atoms with Crippen LogP contribution in [0.15, 0.2) is 94.5 Å². The van der Waals surface area contributed by atoms with Crippen molar-refractivity contribution in [2.75, 3.05) is 19.7 Å². The number of fused-ring (bicyclic) bond motifs is 1. The van der Waals surface area contributed by atoms with Crippen LogP contribution in [0.25, 0.3) is 11.6 Å². The molecule has 0 aromatic heterocycles. The van der Waals surface area contributed by atoms with E-state index in [1.807, 2.05) is 67.6 Å². The van der Waals surface area contributed by atoms with Crippen molar-refractivity contribution in [3.63, 3.8) is 0 Å². The number of allylic oxidation sites excluding steroid dienone is 2. The van der Waals surface area contributed by atoms with Crippen molar-refractivity contribution in [2.45, 2.75) is 64.1 Å². The van der Waals surface area contributed by atoms with Crippen LogP contribution in [0.5, 0.6) is 5.75 Å². The van der Waals surface area contributed by atoms with E-state index < -0.39 is 23.9 Å². The number of phenolic OH excluding ortho intramolecular Hbond substituents is 1. The van der Waals surface area contributed by atoms with Crippen LogP contribution >= 0.6 is 15.9 Å². The number of aliphatic hydroxyl groups excluding tert-OH is 2. The standard InChI is InChI=1S/C40H45BrN2O5/c1-2-27-23-33-38(40(48)43(39(33)47)32-17-19-42(20-18-32)24-26-9-5-3-6-10-26)34(25-44)37(27)36(46)15-13-29(28-11-7-4-8-12-28)21-30-22-31(41)14-16-35(30)45/h3-12,14,16,21-22,32-34,36,38,44-46H,2,13,15,17-20,23-25H2,1H3/b29-21-/t33-,34+,36-,38-/m1/s1. The van der Waals surface area contributed by atoms with Crippen molar-refractivity contribution in [3.05, 3.63) is 111 Å². The Bertz CT molecular complexity index is 1670. The number of rotatable bonds is 11. The van der Waals surface area contributed by atoms with E-state index >= 15 is 0 Å². The summed E-state index contributed by atoms with van der Waals surface area (Å²) in [5.41, 5.74) is 5.55. The molecule has 3 aliphatic rings. The molecule has 2 fully saturated rings. The molecule has 48 heavy (non-hydrogen) atoms. The van der Waals surface area contributed by atoms with E-state index in [-0.39, 0.29) is 30.2 Å². The lowest BCUT2D eigenvalue weighted by atomic mass is 9.67. The van der Waals surface area contributed by atoms with Crippen LogP contribution < -0.4 is 0 Å². The van der Waals surface area contributed by atoms with Crippen LogP contribution in [0.1, 0.15) is 62.1 Å². The molecular formula is C40H45BrN2O5. The number of halogens is 1. The summed E-state index contributed by atoms with van der Waals surface area (Å²) in [5, 5.41) is 33.1. The molecule has 0 radical (unpaired) electrons. The number of carbonyl (C=O) groups is 2. The second-order valence-electron chi connectivity index (χ2n) is 13.4. The van der Waals surface area contributed by atoms with Crippen molar-refractivity contribution >= 4 is 39.4 Å². The van der Waals surface area contributed by atoms with Gasteiger partial charge in [0.2, 0.25) is 11.8 Å². The van der Waals surface area contributed by atoms with Gasteiger partial charge in [-0.2, -0.15) is 0 Å². The molecule has 0 saturated carbocycles. The van der Waals surface area contributed by atoms with Crippen LogP contribution in [0, 0.1) is 17.8 Å². The first-order chi connectivity index (χ1) is 23.3. The first-order valence-corrected chi connectivity index (χ1v) is 18.0. The van der Waals surface area contributed by atoms with E-state index in [1.54, 1.807) is 12.1 Å². The number of amides is 2. The molecule has 3 aromatic carbocycles. The number of hydrogen-bond donors (Lipinski definition) is 3. The zero-order valence-corrected chi connectivity index (χ0v) is 29.1. The van der Waals surface area contributed by atoms with Gasteiger partial charge in [-0.25, -0.2) is 0 Å². The first-order valence-electron chi connectivity index (χ1n) is 17.2. The van der Waals surface area contributed by atoms with Gasteiger partial charge in [0.05, 0.1) is 24.5 Å². The minimum Gasteiger partial charge on any atom is -0.507 e. The monoisotopic (exact) mass is 712 g/mol. The predicted molar refractivity (Wildman–Crippen MR) is 191 cm³/mol. The number of benzene rings is 3. The van der Waals surface area contributed by atoms with Crippen molar-refractivity contribution in [2.24, 2.45) is 17.8 Å². The summed E-state index contributed by atoms with van der Waals surface area (Å²) in [4.78, 5) is 31.9. The number of hydrogen-bond acceptors (Lipinski definition) is 6. The third-order valence-electron chi connectivity index (χ3n) is 10.5. The number of imide groups is 1. The first kappa shape index (κ1) is 34.3. The molecule has 4 atom stereocenters. The van der Waals surface area contributed by atoms with Gasteiger partial charge in [-0.1, -0.05) is 89.1 Å². The molecule has 3 N–H and O–H groups in total. The van der Waals surface area contributed by atoms with E-state index in [1.165, 1.54) is 10.5 Å². The topological polar surface area (TPSA) is 101 Å². The summed E-state index contributed by atoms with van der Waals surface area (Å²) in [6, 6.07) is 25.4. The molecule has 252 valence electrons. The Kier molecular flexibility index (Phi) is 11.0. The maximum atomic E-state index is 14.1. The van der Waals surface area contributed by atoms with Gasteiger partial charge in [0.15, 0.2) is 0 Å². The molecule has 6 rings (SSSR count). The van der Waals surface area contributed by atoms with Gasteiger partial charge in [0.1, 0.15) is 5.75 Å². The van der Waals surface area contributed by atoms with Crippen LogP contribution in [0.3, 0.4) is 0 Å². The molecular weight excluding hydrogens is 668 g/mol. The SMILES string of the molecule is CCC1=C([C@H](O)CC/C(=C/c2cc(Br)ccc2O)c2ccccc2)[C@H](CO)[C@@H]2C(=O)N(C3CCN(Cc4ccccc4)CC3)C(=O)[C@@H]2C1. The third-order valence-corrected chi connectivity index (χ3v) is 11.0. The fourth-order valence-corrected chi connectivity index (χ4v) is 8.47. The molecule has 7 nitrogen and oxygen atoms in total. The molecule has 2 aliphatic heterocycles. The molecule has 8 heteroatoms. The molecule has 3 aromatic rings. The fourth-order valence-electron chi connectivity index (χ4n) is 8.09. The Morgan fingerprint density at radius 3 is 2.33 bits per heavy atom. The average Bonchev–Trinajstić information content (AvgIpc) is 3.36. The van der Waals surface area contributed by atoms with Crippen LogP contribution in [-0.2, 0) is 16.1 Å². The summed E-state index contributed by atoms with van der Waals surface area (Å²) < 4.78 is 0.849. The van der Waals surface area contributed by atoms with E-state index in [0.29, 0.717) is 31.2 Å². The smallest absolute Gasteiger partial charge is 0.234 e. The van der Waals surface area contributed by atoms with Gasteiger partial charge in [0.25, 0.3) is 0 Å². The molecule has 0 bridgehead atoms. The molecule has 2 heterocycles. The van der Waals surface area contributed by atoms with Gasteiger partial charge >= 0.3 is 0 Å². The lowest BCUT2D eigenvalue weighted by Gasteiger charge is -2.37. The van der Waals surface area contributed by atoms with Gasteiger partial charge < -0.3 is 15.3 Å². The number of carbonyl (C=O) groups excluding carboxylic acids is 2. The lowest BCUT2D eigenvalue weighted by Crippen LogP contribution is -2.47. The van der Waals surface area contributed by atoms with Crippen LogP contribution in [0.4, 0.5) is 0 Å². The van der Waals surface area contributed by atoms with Gasteiger partial charge in [-0.15, -0.1) is 0 Å². The lowest BCUT2D eigenvalue weighted by molar-refractivity contribution is -0.144. The molecule has 2 saturated heterocycles. The molecule has 1 aliphatic carbocycles. The highest BCUT2D eigenvalue weighted by Gasteiger charge is 2.56. The average molecular weight is 714 g/mol. The van der Waals surface area contributed by atoms with Crippen molar-refractivity contribution in [1.82, 2.24) is 9.80 Å². The van der Waals surface area contributed by atoms with Crippen LogP contribution in [-0.4, -0.2) is 68.8 Å². The highest BCUT2D eigenvalue weighted by molar-refractivity contribution is 9.10. The number of phenols is 1. The van der Waals surface area contributed by atoms with Crippen molar-refractivity contribution in [3.8, 4) is 5.75 Å². The summed E-state index contributed by atoms with van der Waals surface area (Å²) in [6.45, 7) is 4.19. The summed E-state index contributed by atoms with van der Waals surface area (Å²) in [6.07, 6.45) is 4.47. The van der Waals surface area contributed by atoms with Crippen molar-refractivity contribution < 1.29 is 24.9 Å². The van der Waals surface area contributed by atoms with Gasteiger partial charge in [-0.3, -0.25) is 19.4 Å². The summed E-state index contributed by atoms with van der Waals surface area (Å²) in [7, 11) is 0. The minimum atomic E-state index is -0.889. The Hall–Kier alpha value is -3.56. The maximum absolute atomic E-state index is 14.1. The predicted octanol–water partition coefficient (Wildman–Crippen LogP) is 6.82. The summed E-state index contributed by atoms with van der Waals surface area (Å²) in [5.74, 6) is -1.91. The summed E-state index contributed by atoms with van der Waals surface area (Å²) >= 11 is 3.49. The van der Waals surface area contributed by atoms with Gasteiger partial charge in [0, 0.05) is 41.6 Å². The van der Waals surface area contributed by atoms with E-state index in [2.05, 4.69) is 33.0 Å². The quantitative estimate of drug-likeness (QED) is 0.115. The normalized spacial score (nSPS) is 23.1. The number of nitrogens with zero attached hydrogens (tertiary/aromatic N) is 2. The Balaban J connectivity index is 1.19. The van der Waals surface area contributed by atoms with E-state index in [4.69, 9.17) is 0 Å². The molecule has 0 spiro atoms. The Labute approximate surface area is 291 Å². The number of aromatic hydroxyl groups is 1. The largest absolute Gasteiger partial charge is 0.507 e. The highest BCUT2D eigenvalue weighted by Crippen LogP contribution is 2.48. The van der Waals surface area contributed by atoms with Crippen LogP contribution in [0.2, 0.25) is 0 Å². The molecule has 2 amide bonds. The van der Waals surface area contributed by atoms with Crippen molar-refractivity contribution in [1.29, 1.82) is 0 Å². The highest BCUT2D eigenvalue weighted by atomic mass is 79.9. The van der Waals surface area contributed by atoms with E-state index in [0.717, 1.165) is 59.2 Å². The Morgan fingerprint density at radius 2 is 1.67 bits per heavy atom. The minimum absolute atomic E-state index is 0.118. The second-order valence-corrected chi connectivity index (χ2v) is 14.3. The zero-order chi connectivity index (χ0) is 33.8. The van der Waals surface area contributed by atoms with Gasteiger partial charge in [-0.05, 0) is 85.1 Å². The fraction of sp³-hybridized carbons (Fsp3) is 0.400. The number of aliphatic hydroxyl groups is 2. The second kappa shape index (κ2) is 15.3. The Morgan fingerprint density at radius 1 is 0.979 bits per heavy atom. The third kappa shape index (κ3) is 7.22. The maximum Gasteiger partial charge on any atom is 0.234 e. The van der Waals surface area contributed by atoms with E-state index in [9.17, 15) is 24.9 Å². The zero-order valence-electron chi connectivity index (χ0n) is 27.5. The number of likely N-dealkylation sites (tertiary alicyclic amines) is 2. The molecule has 0 unspecified atom stereocenters.